The lowest BCUT2D eigenvalue weighted by atomic mass is 10.1. The second-order valence-corrected chi connectivity index (χ2v) is 6.50. The second kappa shape index (κ2) is 7.58. The first kappa shape index (κ1) is 17.3. The van der Waals surface area contributed by atoms with Crippen LogP contribution in [0.3, 0.4) is 0 Å². The number of nitrogens with one attached hydrogen (secondary N) is 1. The predicted molar refractivity (Wildman–Crippen MR) is 90.4 cm³/mol. The fraction of sp³-hybridized carbons (Fsp3) is 0.333. The highest BCUT2D eigenvalue weighted by molar-refractivity contribution is 7.99. The minimum Gasteiger partial charge on any atom is -0.394 e. The number of ether oxygens (including phenoxy) is 1. The number of benzene rings is 1. The number of hydrogen-bond donors (Lipinski definition) is 2. The number of hydrogen-bond acceptors (Lipinski definition) is 6. The summed E-state index contributed by atoms with van der Waals surface area (Å²) in [4.78, 5) is 31.0. The maximum Gasteiger partial charge on any atom is 0.331 e. The molecule has 1 saturated heterocycles. The standard InChI is InChI=1S/C15H15N5O4S/c16-19-18-10-6-14(24-11(10)8-21)20-13(22)7-12(17-15(20)23)25-9-4-2-1-3-5-9/h1-5,7,10-11,14,21H,6,8H2,(H,17,23)/t10-,11+,14-/m0/s1. The van der Waals surface area contributed by atoms with Crippen molar-refractivity contribution < 1.29 is 9.84 Å². The van der Waals surface area contributed by atoms with Crippen molar-refractivity contribution in [3.8, 4) is 0 Å². The van der Waals surface area contributed by atoms with E-state index in [1.807, 2.05) is 30.3 Å². The average Bonchev–Trinajstić information content (AvgIpc) is 2.98. The molecule has 2 heterocycles. The van der Waals surface area contributed by atoms with E-state index in [9.17, 15) is 14.7 Å². The molecule has 9 nitrogen and oxygen atoms in total. The SMILES string of the molecule is [N-]=[N+]=N[C@H]1C[C@@H](n2c(=O)cc(Sc3ccccc3)[nH]c2=O)O[C@@H]1CO. The average molecular weight is 361 g/mol. The number of rotatable bonds is 5. The van der Waals surface area contributed by atoms with Gasteiger partial charge in [-0.3, -0.25) is 4.79 Å². The fourth-order valence-corrected chi connectivity index (χ4v) is 3.50. The molecule has 0 aliphatic carbocycles. The van der Waals surface area contributed by atoms with Gasteiger partial charge in [0.2, 0.25) is 0 Å². The molecule has 1 aromatic carbocycles. The maximum atomic E-state index is 12.4. The molecule has 1 aromatic heterocycles. The molecule has 2 N–H and O–H groups in total. The summed E-state index contributed by atoms with van der Waals surface area (Å²) in [5.74, 6) is 0. The summed E-state index contributed by atoms with van der Waals surface area (Å²) < 4.78 is 6.44. The first-order valence-electron chi connectivity index (χ1n) is 7.51. The molecule has 1 aliphatic heterocycles. The molecule has 1 fully saturated rings. The van der Waals surface area contributed by atoms with Crippen molar-refractivity contribution in [3.05, 3.63) is 67.7 Å². The normalized spacial score (nSPS) is 22.5. The molecule has 0 radical (unpaired) electrons. The van der Waals surface area contributed by atoms with E-state index in [0.29, 0.717) is 5.03 Å². The van der Waals surface area contributed by atoms with Crippen LogP contribution < -0.4 is 11.2 Å². The topological polar surface area (TPSA) is 133 Å². The van der Waals surface area contributed by atoms with E-state index in [-0.39, 0.29) is 13.0 Å². The van der Waals surface area contributed by atoms with Crippen LogP contribution in [-0.2, 0) is 4.74 Å². The van der Waals surface area contributed by atoms with Crippen molar-refractivity contribution in [1.29, 1.82) is 0 Å². The molecule has 0 unspecified atom stereocenters. The van der Waals surface area contributed by atoms with Crippen LogP contribution in [0.5, 0.6) is 0 Å². The summed E-state index contributed by atoms with van der Waals surface area (Å²) in [6.45, 7) is -0.366. The summed E-state index contributed by atoms with van der Waals surface area (Å²) in [5, 5.41) is 13.3. The number of aliphatic hydroxyl groups excluding tert-OH is 1. The summed E-state index contributed by atoms with van der Waals surface area (Å²) in [6.07, 6.45) is -1.49. The Morgan fingerprint density at radius 3 is 2.80 bits per heavy atom. The zero-order chi connectivity index (χ0) is 17.8. The molecule has 0 bridgehead atoms. The van der Waals surface area contributed by atoms with Crippen molar-refractivity contribution >= 4 is 11.8 Å². The molecule has 1 aliphatic rings. The van der Waals surface area contributed by atoms with Crippen molar-refractivity contribution in [2.75, 3.05) is 6.61 Å². The van der Waals surface area contributed by atoms with Crippen LogP contribution in [0.15, 0.2) is 61.0 Å². The molecule has 0 amide bonds. The largest absolute Gasteiger partial charge is 0.394 e. The van der Waals surface area contributed by atoms with Gasteiger partial charge in [-0.25, -0.2) is 9.36 Å². The van der Waals surface area contributed by atoms with Crippen LogP contribution in [0.25, 0.3) is 10.4 Å². The second-order valence-electron chi connectivity index (χ2n) is 5.38. The number of aromatic nitrogens is 2. The fourth-order valence-electron chi connectivity index (χ4n) is 2.65. The zero-order valence-electron chi connectivity index (χ0n) is 13.0. The van der Waals surface area contributed by atoms with Crippen LogP contribution in [0.4, 0.5) is 0 Å². The Morgan fingerprint density at radius 1 is 1.40 bits per heavy atom. The molecule has 10 heteroatoms. The van der Waals surface area contributed by atoms with Gasteiger partial charge in [0.25, 0.3) is 5.56 Å². The lowest BCUT2D eigenvalue weighted by Gasteiger charge is -2.14. The predicted octanol–water partition coefficient (Wildman–Crippen LogP) is 1.65. The Morgan fingerprint density at radius 2 is 2.16 bits per heavy atom. The molecule has 3 atom stereocenters. The number of azide groups is 1. The first-order valence-corrected chi connectivity index (χ1v) is 8.33. The third-order valence-electron chi connectivity index (χ3n) is 3.78. The van der Waals surface area contributed by atoms with Crippen molar-refractivity contribution in [2.24, 2.45) is 5.11 Å². The van der Waals surface area contributed by atoms with Gasteiger partial charge in [0, 0.05) is 22.3 Å². The van der Waals surface area contributed by atoms with Crippen LogP contribution in [0.2, 0.25) is 0 Å². The van der Waals surface area contributed by atoms with Gasteiger partial charge in [-0.2, -0.15) is 0 Å². The third kappa shape index (κ3) is 3.77. The summed E-state index contributed by atoms with van der Waals surface area (Å²) in [7, 11) is 0. The Kier molecular flexibility index (Phi) is 5.25. The van der Waals surface area contributed by atoms with Crippen LogP contribution >= 0.6 is 11.8 Å². The lowest BCUT2D eigenvalue weighted by Crippen LogP contribution is -2.38. The monoisotopic (exact) mass is 361 g/mol. The molecule has 2 aromatic rings. The van der Waals surface area contributed by atoms with Crippen molar-refractivity contribution in [2.45, 2.75) is 34.7 Å². The quantitative estimate of drug-likeness (QED) is 0.361. The van der Waals surface area contributed by atoms with Crippen LogP contribution in [0.1, 0.15) is 12.6 Å². The van der Waals surface area contributed by atoms with E-state index in [0.717, 1.165) is 9.46 Å². The van der Waals surface area contributed by atoms with E-state index < -0.39 is 29.6 Å². The number of nitrogens with zero attached hydrogens (tertiary/aromatic N) is 4. The van der Waals surface area contributed by atoms with Gasteiger partial charge in [0.05, 0.1) is 23.8 Å². The zero-order valence-corrected chi connectivity index (χ0v) is 13.8. The first-order chi connectivity index (χ1) is 12.1. The van der Waals surface area contributed by atoms with E-state index in [2.05, 4.69) is 15.0 Å². The van der Waals surface area contributed by atoms with Gasteiger partial charge in [-0.05, 0) is 17.7 Å². The minimum absolute atomic E-state index is 0.142. The smallest absolute Gasteiger partial charge is 0.331 e. The van der Waals surface area contributed by atoms with Gasteiger partial charge < -0.3 is 14.8 Å². The number of aromatic amines is 1. The van der Waals surface area contributed by atoms with Crippen LogP contribution in [0, 0.1) is 0 Å². The third-order valence-corrected chi connectivity index (χ3v) is 4.73. The van der Waals surface area contributed by atoms with Gasteiger partial charge in [-0.15, -0.1) is 0 Å². The Bertz CT molecular complexity index is 875. The van der Waals surface area contributed by atoms with Crippen molar-refractivity contribution in [3.63, 3.8) is 0 Å². The highest BCUT2D eigenvalue weighted by atomic mass is 32.2. The Labute approximate surface area is 145 Å². The molecular formula is C15H15N5O4S. The summed E-state index contributed by atoms with van der Waals surface area (Å²) in [6, 6.07) is 10.0. The molecular weight excluding hydrogens is 346 g/mol. The Balaban J connectivity index is 1.87. The van der Waals surface area contributed by atoms with Gasteiger partial charge in [0.1, 0.15) is 6.23 Å². The molecule has 25 heavy (non-hydrogen) atoms. The number of aliphatic hydroxyl groups is 1. The number of H-pyrrole nitrogens is 1. The van der Waals surface area contributed by atoms with E-state index in [1.54, 1.807) is 0 Å². The van der Waals surface area contributed by atoms with Gasteiger partial charge in [0.15, 0.2) is 0 Å². The highest BCUT2D eigenvalue weighted by Crippen LogP contribution is 2.29. The molecule has 3 rings (SSSR count). The van der Waals surface area contributed by atoms with Crippen molar-refractivity contribution in [1.82, 2.24) is 9.55 Å². The van der Waals surface area contributed by atoms with E-state index in [1.165, 1.54) is 17.8 Å². The maximum absolute atomic E-state index is 12.4. The molecule has 0 saturated carbocycles. The minimum atomic E-state index is -0.889. The summed E-state index contributed by atoms with van der Waals surface area (Å²) in [5.41, 5.74) is 7.43. The van der Waals surface area contributed by atoms with E-state index >= 15 is 0 Å². The molecule has 0 spiro atoms. The lowest BCUT2D eigenvalue weighted by molar-refractivity contribution is -0.0286. The summed E-state index contributed by atoms with van der Waals surface area (Å²) >= 11 is 1.26. The van der Waals surface area contributed by atoms with Crippen LogP contribution in [-0.4, -0.2) is 33.4 Å². The van der Waals surface area contributed by atoms with Gasteiger partial charge in [-0.1, -0.05) is 35.1 Å². The van der Waals surface area contributed by atoms with E-state index in [4.69, 9.17) is 10.3 Å². The molecule has 130 valence electrons. The van der Waals surface area contributed by atoms with Gasteiger partial charge >= 0.3 is 5.69 Å². The highest BCUT2D eigenvalue weighted by Gasteiger charge is 2.36. The Hall–Kier alpha value is -2.52.